The number of phenols is 1. The van der Waals surface area contributed by atoms with Gasteiger partial charge in [-0.3, -0.25) is 0 Å². The Bertz CT molecular complexity index is 595. The van der Waals surface area contributed by atoms with Gasteiger partial charge in [-0.25, -0.2) is 0 Å². The van der Waals surface area contributed by atoms with Crippen molar-refractivity contribution in [3.05, 3.63) is 59.2 Å². The molecule has 0 bridgehead atoms. The van der Waals surface area contributed by atoms with E-state index in [-0.39, 0.29) is 11.8 Å². The SMILES string of the molecule is COc1cc2c(cc1O)CCN[C@@H]2Cc1ccccc1. The van der Waals surface area contributed by atoms with Crippen LogP contribution in [-0.4, -0.2) is 18.8 Å². The van der Waals surface area contributed by atoms with Gasteiger partial charge in [0.05, 0.1) is 7.11 Å². The van der Waals surface area contributed by atoms with E-state index in [9.17, 15) is 5.11 Å². The molecule has 0 fully saturated rings. The molecule has 20 heavy (non-hydrogen) atoms. The van der Waals surface area contributed by atoms with E-state index in [1.165, 1.54) is 16.7 Å². The summed E-state index contributed by atoms with van der Waals surface area (Å²) in [5.74, 6) is 0.775. The summed E-state index contributed by atoms with van der Waals surface area (Å²) in [5.41, 5.74) is 3.75. The number of fused-ring (bicyclic) bond motifs is 1. The summed E-state index contributed by atoms with van der Waals surface area (Å²) in [4.78, 5) is 0. The monoisotopic (exact) mass is 269 g/mol. The molecular weight excluding hydrogens is 250 g/mol. The van der Waals surface area contributed by atoms with E-state index >= 15 is 0 Å². The zero-order valence-corrected chi connectivity index (χ0v) is 11.6. The summed E-state index contributed by atoms with van der Waals surface area (Å²) in [6, 6.07) is 14.5. The largest absolute Gasteiger partial charge is 0.504 e. The standard InChI is InChI=1S/C17H19NO2/c1-20-17-11-14-13(10-16(17)19)7-8-18-15(14)9-12-5-3-2-4-6-12/h2-6,10-11,15,18-19H,7-9H2,1H3/t15-/m1/s1. The van der Waals surface area contributed by atoms with Crippen LogP contribution >= 0.6 is 0 Å². The fourth-order valence-corrected chi connectivity index (χ4v) is 2.85. The number of aromatic hydroxyl groups is 1. The van der Waals surface area contributed by atoms with Gasteiger partial charge in [-0.15, -0.1) is 0 Å². The van der Waals surface area contributed by atoms with Gasteiger partial charge in [-0.1, -0.05) is 30.3 Å². The Balaban J connectivity index is 1.93. The number of hydrogen-bond acceptors (Lipinski definition) is 3. The molecule has 3 rings (SSSR count). The molecule has 3 heteroatoms. The Hall–Kier alpha value is -2.00. The van der Waals surface area contributed by atoms with E-state index in [4.69, 9.17) is 4.74 Å². The molecule has 2 aromatic carbocycles. The summed E-state index contributed by atoms with van der Waals surface area (Å²) < 4.78 is 5.23. The van der Waals surface area contributed by atoms with Crippen molar-refractivity contribution in [1.29, 1.82) is 0 Å². The molecule has 2 aromatic rings. The van der Waals surface area contributed by atoms with Crippen LogP contribution in [0.3, 0.4) is 0 Å². The maximum atomic E-state index is 9.90. The van der Waals surface area contributed by atoms with Gasteiger partial charge >= 0.3 is 0 Å². The van der Waals surface area contributed by atoms with Crippen LogP contribution in [0.2, 0.25) is 0 Å². The predicted molar refractivity (Wildman–Crippen MR) is 79.3 cm³/mol. The summed E-state index contributed by atoms with van der Waals surface area (Å²) in [6.07, 6.45) is 1.89. The van der Waals surface area contributed by atoms with Crippen LogP contribution in [0.4, 0.5) is 0 Å². The lowest BCUT2D eigenvalue weighted by Crippen LogP contribution is -2.31. The van der Waals surface area contributed by atoms with Crippen LogP contribution in [0.15, 0.2) is 42.5 Å². The second-order valence-electron chi connectivity index (χ2n) is 5.17. The first-order valence-corrected chi connectivity index (χ1v) is 6.95. The van der Waals surface area contributed by atoms with Crippen LogP contribution in [0.5, 0.6) is 11.5 Å². The summed E-state index contributed by atoms with van der Waals surface area (Å²) in [7, 11) is 1.59. The van der Waals surface area contributed by atoms with Gasteiger partial charge in [0.1, 0.15) is 0 Å². The first-order chi connectivity index (χ1) is 9.78. The van der Waals surface area contributed by atoms with Crippen LogP contribution in [0.25, 0.3) is 0 Å². The van der Waals surface area contributed by atoms with Crippen molar-refractivity contribution >= 4 is 0 Å². The minimum absolute atomic E-state index is 0.228. The van der Waals surface area contributed by atoms with Gasteiger partial charge in [0.2, 0.25) is 0 Å². The smallest absolute Gasteiger partial charge is 0.160 e. The molecule has 104 valence electrons. The molecular formula is C17H19NO2. The summed E-state index contributed by atoms with van der Waals surface area (Å²) in [6.45, 7) is 0.941. The third-order valence-electron chi connectivity index (χ3n) is 3.88. The first-order valence-electron chi connectivity index (χ1n) is 6.95. The zero-order valence-electron chi connectivity index (χ0n) is 11.6. The van der Waals surface area contributed by atoms with Crippen molar-refractivity contribution in [3.8, 4) is 11.5 Å². The van der Waals surface area contributed by atoms with Crippen LogP contribution in [0, 0.1) is 0 Å². The number of rotatable bonds is 3. The lowest BCUT2D eigenvalue weighted by molar-refractivity contribution is 0.370. The topological polar surface area (TPSA) is 41.5 Å². The average Bonchev–Trinajstić information content (AvgIpc) is 2.48. The van der Waals surface area contributed by atoms with Gasteiger partial charge in [-0.2, -0.15) is 0 Å². The maximum Gasteiger partial charge on any atom is 0.160 e. The maximum absolute atomic E-state index is 9.90. The molecule has 1 atom stereocenters. The molecule has 0 saturated heterocycles. The molecule has 1 heterocycles. The lowest BCUT2D eigenvalue weighted by Gasteiger charge is -2.28. The number of nitrogens with one attached hydrogen (secondary N) is 1. The van der Waals surface area contributed by atoms with Crippen molar-refractivity contribution in [2.24, 2.45) is 0 Å². The van der Waals surface area contributed by atoms with Crippen LogP contribution in [0.1, 0.15) is 22.7 Å². The number of ether oxygens (including phenoxy) is 1. The molecule has 1 aliphatic heterocycles. The Morgan fingerprint density at radius 3 is 2.80 bits per heavy atom. The van der Waals surface area contributed by atoms with E-state index in [1.807, 2.05) is 18.2 Å². The highest BCUT2D eigenvalue weighted by Crippen LogP contribution is 2.35. The molecule has 0 unspecified atom stereocenters. The van der Waals surface area contributed by atoms with Gasteiger partial charge in [0.15, 0.2) is 11.5 Å². The predicted octanol–water partition coefficient (Wildman–Crippen LogP) is 2.83. The summed E-state index contributed by atoms with van der Waals surface area (Å²) in [5, 5.41) is 13.5. The van der Waals surface area contributed by atoms with Crippen molar-refractivity contribution in [2.45, 2.75) is 18.9 Å². The first kappa shape index (κ1) is 13.0. The van der Waals surface area contributed by atoms with E-state index in [0.717, 1.165) is 19.4 Å². The minimum Gasteiger partial charge on any atom is -0.504 e. The highest BCUT2D eigenvalue weighted by molar-refractivity contribution is 5.49. The molecule has 0 radical (unpaired) electrons. The Morgan fingerprint density at radius 1 is 1.25 bits per heavy atom. The Kier molecular flexibility index (Phi) is 3.61. The second-order valence-corrected chi connectivity index (χ2v) is 5.17. The Labute approximate surface area is 119 Å². The normalized spacial score (nSPS) is 17.6. The van der Waals surface area contributed by atoms with Gasteiger partial charge in [0, 0.05) is 6.04 Å². The molecule has 0 spiro atoms. The van der Waals surface area contributed by atoms with E-state index < -0.39 is 0 Å². The highest BCUT2D eigenvalue weighted by Gasteiger charge is 2.22. The summed E-state index contributed by atoms with van der Waals surface area (Å²) >= 11 is 0. The Morgan fingerprint density at radius 2 is 2.05 bits per heavy atom. The number of hydrogen-bond donors (Lipinski definition) is 2. The van der Waals surface area contributed by atoms with Crippen LogP contribution in [-0.2, 0) is 12.8 Å². The van der Waals surface area contributed by atoms with E-state index in [0.29, 0.717) is 5.75 Å². The highest BCUT2D eigenvalue weighted by atomic mass is 16.5. The van der Waals surface area contributed by atoms with Crippen molar-refractivity contribution in [3.63, 3.8) is 0 Å². The third kappa shape index (κ3) is 2.49. The molecule has 2 N–H and O–H groups in total. The quantitative estimate of drug-likeness (QED) is 0.900. The van der Waals surface area contributed by atoms with Gasteiger partial charge < -0.3 is 15.2 Å². The number of benzene rings is 2. The van der Waals surface area contributed by atoms with E-state index in [1.54, 1.807) is 7.11 Å². The lowest BCUT2D eigenvalue weighted by atomic mass is 9.90. The molecule has 0 saturated carbocycles. The number of phenolic OH excluding ortho intramolecular Hbond substituents is 1. The molecule has 1 aliphatic rings. The fourth-order valence-electron chi connectivity index (χ4n) is 2.85. The molecule has 0 aliphatic carbocycles. The fraction of sp³-hybridized carbons (Fsp3) is 0.294. The van der Waals surface area contributed by atoms with Crippen LogP contribution < -0.4 is 10.1 Å². The molecule has 0 amide bonds. The average molecular weight is 269 g/mol. The second kappa shape index (κ2) is 5.55. The van der Waals surface area contributed by atoms with Crippen molar-refractivity contribution < 1.29 is 9.84 Å². The van der Waals surface area contributed by atoms with Crippen molar-refractivity contribution in [1.82, 2.24) is 5.32 Å². The zero-order chi connectivity index (χ0) is 13.9. The van der Waals surface area contributed by atoms with Crippen molar-refractivity contribution in [2.75, 3.05) is 13.7 Å². The molecule has 0 aromatic heterocycles. The van der Waals surface area contributed by atoms with Gasteiger partial charge in [0.25, 0.3) is 0 Å². The van der Waals surface area contributed by atoms with E-state index in [2.05, 4.69) is 29.6 Å². The molecule has 3 nitrogen and oxygen atoms in total. The van der Waals surface area contributed by atoms with Gasteiger partial charge in [-0.05, 0) is 48.2 Å². The minimum atomic E-state index is 0.228. The number of methoxy groups -OCH3 is 1. The third-order valence-corrected chi connectivity index (χ3v) is 3.88.